The number of carboxylic acids is 1. The lowest BCUT2D eigenvalue weighted by Crippen LogP contribution is -2.08. The summed E-state index contributed by atoms with van der Waals surface area (Å²) in [6, 6.07) is 7.24. The van der Waals surface area contributed by atoms with Crippen LogP contribution in [-0.2, 0) is 16.3 Å². The third kappa shape index (κ3) is 4.73. The van der Waals surface area contributed by atoms with E-state index in [1.807, 2.05) is 0 Å². The number of fused-ring (bicyclic) bond motifs is 2. The highest BCUT2D eigenvalue weighted by Gasteiger charge is 2.20. The van der Waals surface area contributed by atoms with E-state index in [1.54, 1.807) is 12.1 Å². The number of hydrogen-bond donors (Lipinski definition) is 1. The fraction of sp³-hybridized carbons (Fsp3) is 0.391. The van der Waals surface area contributed by atoms with Gasteiger partial charge in [0.25, 0.3) is 0 Å². The minimum atomic E-state index is -3.63. The van der Waals surface area contributed by atoms with Gasteiger partial charge >= 0.3 is 5.97 Å². The van der Waals surface area contributed by atoms with Gasteiger partial charge in [-0.3, -0.25) is 4.79 Å². The van der Waals surface area contributed by atoms with Crippen LogP contribution in [0.1, 0.15) is 61.4 Å². The SMILES string of the molecule is CCCCCCCCc1cc(S(C)(=O)=O)c2oc3ccc(C(=O)O)cc3c(=O)c2c1. The molecule has 1 N–H and O–H groups in total. The van der Waals surface area contributed by atoms with Crippen molar-refractivity contribution in [2.24, 2.45) is 0 Å². The minimum absolute atomic E-state index is 0.0118. The quantitative estimate of drug-likeness (QED) is 0.381. The number of hydrogen-bond acceptors (Lipinski definition) is 5. The number of benzene rings is 2. The van der Waals surface area contributed by atoms with Gasteiger partial charge in [-0.2, -0.15) is 0 Å². The average molecular weight is 431 g/mol. The second-order valence-corrected chi connectivity index (χ2v) is 9.69. The smallest absolute Gasteiger partial charge is 0.335 e. The monoisotopic (exact) mass is 430 g/mol. The van der Waals surface area contributed by atoms with Crippen molar-refractivity contribution >= 4 is 37.7 Å². The summed E-state index contributed by atoms with van der Waals surface area (Å²) in [6.07, 6.45) is 8.40. The third-order valence-corrected chi connectivity index (χ3v) is 6.36. The molecule has 0 unspecified atom stereocenters. The van der Waals surface area contributed by atoms with Crippen LogP contribution in [0.5, 0.6) is 0 Å². The Balaban J connectivity index is 2.09. The number of carbonyl (C=O) groups is 1. The predicted molar refractivity (Wildman–Crippen MR) is 117 cm³/mol. The molecule has 0 atom stereocenters. The van der Waals surface area contributed by atoms with E-state index in [9.17, 15) is 23.1 Å². The van der Waals surface area contributed by atoms with E-state index in [2.05, 4.69) is 6.92 Å². The Kier molecular flexibility index (Phi) is 6.61. The lowest BCUT2D eigenvalue weighted by Gasteiger charge is -2.10. The van der Waals surface area contributed by atoms with Gasteiger partial charge in [-0.05, 0) is 48.7 Å². The zero-order chi connectivity index (χ0) is 21.9. The van der Waals surface area contributed by atoms with Gasteiger partial charge in [0.05, 0.1) is 16.3 Å². The first-order chi connectivity index (χ1) is 14.2. The van der Waals surface area contributed by atoms with Crippen molar-refractivity contribution in [3.63, 3.8) is 0 Å². The maximum atomic E-state index is 13.1. The topological polar surface area (TPSA) is 102 Å². The van der Waals surface area contributed by atoms with E-state index in [1.165, 1.54) is 37.5 Å². The first kappa shape index (κ1) is 22.0. The maximum absolute atomic E-state index is 13.1. The van der Waals surface area contributed by atoms with Crippen LogP contribution in [-0.4, -0.2) is 25.7 Å². The second-order valence-electron chi connectivity index (χ2n) is 7.71. The second kappa shape index (κ2) is 9.00. The van der Waals surface area contributed by atoms with Crippen LogP contribution in [0, 0.1) is 0 Å². The molecule has 160 valence electrons. The Morgan fingerprint density at radius 2 is 1.70 bits per heavy atom. The Morgan fingerprint density at radius 3 is 2.37 bits per heavy atom. The van der Waals surface area contributed by atoms with Crippen molar-refractivity contribution < 1.29 is 22.7 Å². The predicted octanol–water partition coefficient (Wildman–Crippen LogP) is 4.95. The molecular formula is C23H26O6S. The van der Waals surface area contributed by atoms with Crippen LogP contribution in [0.4, 0.5) is 0 Å². The van der Waals surface area contributed by atoms with Crippen molar-refractivity contribution in [1.82, 2.24) is 0 Å². The number of unbranched alkanes of at least 4 members (excludes halogenated alkanes) is 5. The number of aryl methyl sites for hydroxylation is 1. The summed E-state index contributed by atoms with van der Waals surface area (Å²) in [4.78, 5) is 24.3. The van der Waals surface area contributed by atoms with Gasteiger partial charge in [0.15, 0.2) is 15.4 Å². The molecule has 7 heteroatoms. The van der Waals surface area contributed by atoms with Crippen molar-refractivity contribution in [3.05, 3.63) is 51.7 Å². The molecule has 0 bridgehead atoms. The van der Waals surface area contributed by atoms with Crippen LogP contribution in [0.25, 0.3) is 21.9 Å². The van der Waals surface area contributed by atoms with E-state index in [0.717, 1.165) is 31.1 Å². The summed E-state index contributed by atoms with van der Waals surface area (Å²) in [7, 11) is -3.63. The molecular weight excluding hydrogens is 404 g/mol. The van der Waals surface area contributed by atoms with Gasteiger partial charge in [0, 0.05) is 6.26 Å². The molecule has 3 rings (SSSR count). The molecule has 0 amide bonds. The van der Waals surface area contributed by atoms with Crippen LogP contribution < -0.4 is 5.43 Å². The summed E-state index contributed by atoms with van der Waals surface area (Å²) in [5.74, 6) is -1.15. The first-order valence-electron chi connectivity index (χ1n) is 10.2. The highest BCUT2D eigenvalue weighted by Crippen LogP contribution is 2.28. The first-order valence-corrected chi connectivity index (χ1v) is 12.1. The fourth-order valence-electron chi connectivity index (χ4n) is 3.65. The molecule has 1 aromatic heterocycles. The number of aromatic carboxylic acids is 1. The van der Waals surface area contributed by atoms with E-state index in [0.29, 0.717) is 6.42 Å². The van der Waals surface area contributed by atoms with Gasteiger partial charge in [-0.15, -0.1) is 0 Å². The van der Waals surface area contributed by atoms with E-state index in [-0.39, 0.29) is 32.4 Å². The van der Waals surface area contributed by atoms with E-state index in [4.69, 9.17) is 4.42 Å². The zero-order valence-electron chi connectivity index (χ0n) is 17.2. The molecule has 0 aliphatic rings. The Bertz CT molecular complexity index is 1250. The molecule has 0 fully saturated rings. The molecule has 0 aliphatic carbocycles. The maximum Gasteiger partial charge on any atom is 0.335 e. The highest BCUT2D eigenvalue weighted by atomic mass is 32.2. The summed E-state index contributed by atoms with van der Waals surface area (Å²) in [6.45, 7) is 2.16. The highest BCUT2D eigenvalue weighted by molar-refractivity contribution is 7.91. The normalized spacial score (nSPS) is 11.9. The number of sulfone groups is 1. The molecule has 30 heavy (non-hydrogen) atoms. The minimum Gasteiger partial charge on any atom is -0.478 e. The molecule has 0 aliphatic heterocycles. The van der Waals surface area contributed by atoms with Crippen LogP contribution in [0.15, 0.2) is 44.4 Å². The molecule has 0 saturated carbocycles. The summed E-state index contributed by atoms with van der Waals surface area (Å²) >= 11 is 0. The van der Waals surface area contributed by atoms with Gasteiger partial charge in [-0.25, -0.2) is 13.2 Å². The summed E-state index contributed by atoms with van der Waals surface area (Å²) in [5, 5.41) is 9.49. The summed E-state index contributed by atoms with van der Waals surface area (Å²) in [5.41, 5.74) is 0.486. The van der Waals surface area contributed by atoms with Crippen molar-refractivity contribution in [2.75, 3.05) is 6.26 Å². The van der Waals surface area contributed by atoms with Crippen LogP contribution in [0.3, 0.4) is 0 Å². The molecule has 0 radical (unpaired) electrons. The molecule has 3 aromatic rings. The Morgan fingerprint density at radius 1 is 1.00 bits per heavy atom. The molecule has 0 spiro atoms. The lowest BCUT2D eigenvalue weighted by molar-refractivity contribution is 0.0697. The number of carboxylic acid groups (broad SMARTS) is 1. The third-order valence-electron chi connectivity index (χ3n) is 5.26. The van der Waals surface area contributed by atoms with Crippen molar-refractivity contribution in [1.29, 1.82) is 0 Å². The van der Waals surface area contributed by atoms with Crippen molar-refractivity contribution in [2.45, 2.75) is 56.8 Å². The van der Waals surface area contributed by atoms with Crippen LogP contribution in [0.2, 0.25) is 0 Å². The zero-order valence-corrected chi connectivity index (χ0v) is 18.0. The molecule has 6 nitrogen and oxygen atoms in total. The van der Waals surface area contributed by atoms with Gasteiger partial charge in [-0.1, -0.05) is 39.0 Å². The largest absolute Gasteiger partial charge is 0.478 e. The standard InChI is InChI=1S/C23H26O6S/c1-3-4-5-6-7-8-9-15-12-18-21(24)17-14-16(23(25)26)10-11-19(17)29-22(18)20(13-15)30(2,27)28/h10-14H,3-9H2,1-2H3,(H,25,26). The Hall–Kier alpha value is -2.67. The summed E-state index contributed by atoms with van der Waals surface area (Å²) < 4.78 is 30.6. The van der Waals surface area contributed by atoms with Gasteiger partial charge in [0.1, 0.15) is 10.5 Å². The molecule has 0 saturated heterocycles. The average Bonchev–Trinajstić information content (AvgIpc) is 2.69. The van der Waals surface area contributed by atoms with Crippen LogP contribution >= 0.6 is 0 Å². The Labute approximate surface area is 175 Å². The molecule has 2 aromatic carbocycles. The van der Waals surface area contributed by atoms with E-state index >= 15 is 0 Å². The van der Waals surface area contributed by atoms with Gasteiger partial charge in [0.2, 0.25) is 5.43 Å². The molecule has 1 heterocycles. The lowest BCUT2D eigenvalue weighted by atomic mass is 10.0. The van der Waals surface area contributed by atoms with Gasteiger partial charge < -0.3 is 9.52 Å². The number of rotatable bonds is 9. The van der Waals surface area contributed by atoms with Crippen molar-refractivity contribution in [3.8, 4) is 0 Å². The fourth-order valence-corrected chi connectivity index (χ4v) is 4.50. The van der Waals surface area contributed by atoms with E-state index < -0.39 is 21.2 Å².